The Morgan fingerprint density at radius 2 is 2.36 bits per heavy atom. The molecule has 1 saturated heterocycles. The largest absolute Gasteiger partial charge is 0.368 e. The van der Waals surface area contributed by atoms with Gasteiger partial charge in [-0.3, -0.25) is 4.79 Å². The van der Waals surface area contributed by atoms with Gasteiger partial charge in [0.05, 0.1) is 11.3 Å². The zero-order valence-corrected chi connectivity index (χ0v) is 12.9. The number of hydrogen-bond donors (Lipinski definition) is 1. The summed E-state index contributed by atoms with van der Waals surface area (Å²) in [5, 5.41) is 7.26. The number of anilines is 1. The van der Waals surface area contributed by atoms with E-state index in [9.17, 15) is 4.79 Å². The van der Waals surface area contributed by atoms with Gasteiger partial charge in [0, 0.05) is 18.1 Å². The van der Waals surface area contributed by atoms with Gasteiger partial charge in [-0.2, -0.15) is 4.98 Å². The molecular formula is C15H16ClN3O3. The van der Waals surface area contributed by atoms with Gasteiger partial charge in [0.25, 0.3) is 11.8 Å². The molecule has 1 aliphatic heterocycles. The first-order valence-corrected chi connectivity index (χ1v) is 7.60. The highest BCUT2D eigenvalue weighted by atomic mass is 35.5. The van der Waals surface area contributed by atoms with Crippen molar-refractivity contribution in [1.82, 2.24) is 10.1 Å². The Hall–Kier alpha value is -1.92. The summed E-state index contributed by atoms with van der Waals surface area (Å²) in [6.07, 6.45) is 1.89. The van der Waals surface area contributed by atoms with Crippen LogP contribution in [0, 0.1) is 0 Å². The van der Waals surface area contributed by atoms with Gasteiger partial charge in [-0.1, -0.05) is 23.7 Å². The summed E-state index contributed by atoms with van der Waals surface area (Å²) in [7, 11) is 0. The molecule has 0 aliphatic carbocycles. The van der Waals surface area contributed by atoms with E-state index < -0.39 is 6.10 Å². The lowest BCUT2D eigenvalue weighted by Crippen LogP contribution is -2.27. The van der Waals surface area contributed by atoms with Gasteiger partial charge < -0.3 is 14.6 Å². The van der Waals surface area contributed by atoms with Crippen LogP contribution in [-0.4, -0.2) is 28.8 Å². The minimum Gasteiger partial charge on any atom is -0.368 e. The molecule has 0 radical (unpaired) electrons. The Bertz CT molecular complexity index is 680. The molecule has 2 aromatic rings. The first kappa shape index (κ1) is 15.0. The van der Waals surface area contributed by atoms with E-state index in [0.717, 1.165) is 12.8 Å². The minimum absolute atomic E-state index is 0.170. The molecule has 22 heavy (non-hydrogen) atoms. The molecule has 1 atom stereocenters. The zero-order valence-electron chi connectivity index (χ0n) is 12.1. The van der Waals surface area contributed by atoms with Crippen molar-refractivity contribution in [3.8, 4) is 11.5 Å². The van der Waals surface area contributed by atoms with Crippen molar-refractivity contribution in [2.24, 2.45) is 0 Å². The summed E-state index contributed by atoms with van der Waals surface area (Å²) in [4.78, 5) is 16.5. The second-order valence-corrected chi connectivity index (χ2v) is 5.49. The van der Waals surface area contributed by atoms with Gasteiger partial charge in [0.2, 0.25) is 0 Å². The van der Waals surface area contributed by atoms with Crippen LogP contribution in [0.3, 0.4) is 0 Å². The molecule has 3 rings (SSSR count). The molecular weight excluding hydrogens is 306 g/mol. The van der Waals surface area contributed by atoms with Crippen LogP contribution in [0.1, 0.15) is 25.6 Å². The number of amides is 1. The highest BCUT2D eigenvalue weighted by Crippen LogP contribution is 2.30. The molecule has 6 nitrogen and oxygen atoms in total. The molecule has 0 saturated carbocycles. The predicted octanol–water partition coefficient (Wildman–Crippen LogP) is 3.07. The van der Waals surface area contributed by atoms with Gasteiger partial charge in [0.15, 0.2) is 5.82 Å². The molecule has 1 fully saturated rings. The highest BCUT2D eigenvalue weighted by molar-refractivity contribution is 6.31. The molecule has 0 spiro atoms. The van der Waals surface area contributed by atoms with Gasteiger partial charge >= 0.3 is 0 Å². The van der Waals surface area contributed by atoms with E-state index >= 15 is 0 Å². The van der Waals surface area contributed by atoms with Crippen molar-refractivity contribution >= 4 is 23.2 Å². The van der Waals surface area contributed by atoms with E-state index in [4.69, 9.17) is 20.9 Å². The van der Waals surface area contributed by atoms with Crippen LogP contribution in [0.25, 0.3) is 11.5 Å². The molecule has 2 heterocycles. The van der Waals surface area contributed by atoms with Crippen LogP contribution in [0.15, 0.2) is 22.7 Å². The number of rotatable bonds is 4. The number of aromatic nitrogens is 2. The van der Waals surface area contributed by atoms with Crippen LogP contribution in [0.4, 0.5) is 5.69 Å². The van der Waals surface area contributed by atoms with Gasteiger partial charge in [0.1, 0.15) is 6.10 Å². The molecule has 0 bridgehead atoms. The molecule has 116 valence electrons. The van der Waals surface area contributed by atoms with Crippen molar-refractivity contribution in [2.45, 2.75) is 32.3 Å². The van der Waals surface area contributed by atoms with Crippen LogP contribution in [-0.2, 0) is 16.0 Å². The van der Waals surface area contributed by atoms with E-state index in [-0.39, 0.29) is 5.91 Å². The Morgan fingerprint density at radius 1 is 1.50 bits per heavy atom. The van der Waals surface area contributed by atoms with Crippen LogP contribution >= 0.6 is 11.6 Å². The lowest BCUT2D eigenvalue weighted by molar-refractivity contribution is -0.124. The monoisotopic (exact) mass is 321 g/mol. The van der Waals surface area contributed by atoms with E-state index in [0.29, 0.717) is 41.0 Å². The number of nitrogens with one attached hydrogen (secondary N) is 1. The number of nitrogens with zero attached hydrogens (tertiary/aromatic N) is 2. The second-order valence-electron chi connectivity index (χ2n) is 5.05. The van der Waals surface area contributed by atoms with Gasteiger partial charge in [-0.15, -0.1) is 0 Å². The Balaban J connectivity index is 1.88. The smallest absolute Gasteiger partial charge is 0.260 e. The Labute approximate surface area is 132 Å². The van der Waals surface area contributed by atoms with Crippen molar-refractivity contribution in [3.05, 3.63) is 29.0 Å². The molecule has 1 aromatic heterocycles. The normalized spacial score (nSPS) is 17.6. The number of aryl methyl sites for hydroxylation is 1. The average Bonchev–Trinajstić information content (AvgIpc) is 3.20. The number of carbonyl (C=O) groups excluding carboxylic acids is 1. The third-order valence-corrected chi connectivity index (χ3v) is 3.71. The highest BCUT2D eigenvalue weighted by Gasteiger charge is 2.25. The second kappa shape index (κ2) is 6.46. The number of halogens is 1. The number of carbonyl (C=O) groups is 1. The maximum Gasteiger partial charge on any atom is 0.260 e. The predicted molar refractivity (Wildman–Crippen MR) is 81.7 cm³/mol. The maximum absolute atomic E-state index is 12.2. The first-order chi connectivity index (χ1) is 10.7. The fraction of sp³-hybridized carbons (Fsp3) is 0.400. The molecule has 7 heteroatoms. The van der Waals surface area contributed by atoms with Gasteiger partial charge in [-0.05, 0) is 31.0 Å². The third-order valence-electron chi connectivity index (χ3n) is 3.48. The van der Waals surface area contributed by atoms with E-state index in [2.05, 4.69) is 15.5 Å². The number of ether oxygens (including phenoxy) is 1. The number of hydrogen-bond acceptors (Lipinski definition) is 5. The summed E-state index contributed by atoms with van der Waals surface area (Å²) < 4.78 is 10.6. The summed E-state index contributed by atoms with van der Waals surface area (Å²) in [5.74, 6) is 0.768. The van der Waals surface area contributed by atoms with Crippen LogP contribution in [0.5, 0.6) is 0 Å². The molecule has 1 N–H and O–H groups in total. The van der Waals surface area contributed by atoms with Gasteiger partial charge in [-0.25, -0.2) is 0 Å². The summed E-state index contributed by atoms with van der Waals surface area (Å²) in [6.45, 7) is 2.56. The summed E-state index contributed by atoms with van der Waals surface area (Å²) in [6, 6.07) is 5.12. The summed E-state index contributed by atoms with van der Waals surface area (Å²) in [5.41, 5.74) is 1.18. The Kier molecular flexibility index (Phi) is 4.40. The molecule has 1 aliphatic rings. The van der Waals surface area contributed by atoms with Crippen molar-refractivity contribution in [1.29, 1.82) is 0 Å². The van der Waals surface area contributed by atoms with Crippen molar-refractivity contribution < 1.29 is 14.1 Å². The van der Waals surface area contributed by atoms with E-state index in [1.807, 2.05) is 6.92 Å². The van der Waals surface area contributed by atoms with Crippen LogP contribution < -0.4 is 5.32 Å². The minimum atomic E-state index is -0.405. The SMILES string of the molecule is CCc1noc(-c2cc(Cl)ccc2NC(=O)[C@H]2CCCO2)n1. The molecule has 1 amide bonds. The quantitative estimate of drug-likeness (QED) is 0.936. The molecule has 1 aromatic carbocycles. The lowest BCUT2D eigenvalue weighted by Gasteiger charge is -2.12. The van der Waals surface area contributed by atoms with Crippen molar-refractivity contribution in [2.75, 3.05) is 11.9 Å². The molecule has 0 unspecified atom stereocenters. The fourth-order valence-electron chi connectivity index (χ4n) is 2.31. The zero-order chi connectivity index (χ0) is 15.5. The lowest BCUT2D eigenvalue weighted by atomic mass is 10.1. The number of benzene rings is 1. The third kappa shape index (κ3) is 3.13. The van der Waals surface area contributed by atoms with E-state index in [1.165, 1.54) is 0 Å². The van der Waals surface area contributed by atoms with E-state index in [1.54, 1.807) is 18.2 Å². The topological polar surface area (TPSA) is 77.2 Å². The van der Waals surface area contributed by atoms with Crippen LogP contribution in [0.2, 0.25) is 5.02 Å². The fourth-order valence-corrected chi connectivity index (χ4v) is 2.48. The summed E-state index contributed by atoms with van der Waals surface area (Å²) >= 11 is 6.04. The first-order valence-electron chi connectivity index (χ1n) is 7.22. The maximum atomic E-state index is 12.2. The van der Waals surface area contributed by atoms with Crippen molar-refractivity contribution in [3.63, 3.8) is 0 Å². The Morgan fingerprint density at radius 3 is 3.05 bits per heavy atom. The standard InChI is InChI=1S/C15H16ClN3O3/c1-2-13-18-15(22-19-13)10-8-9(16)5-6-11(10)17-14(20)12-4-3-7-21-12/h5-6,8,12H,2-4,7H2,1H3,(H,17,20)/t12-/m1/s1. The average molecular weight is 322 g/mol.